The normalized spacial score (nSPS) is 21.0. The topological polar surface area (TPSA) is 107 Å². The Bertz CT molecular complexity index is 1510. The number of ether oxygens (including phenoxy) is 6. The van der Waals surface area contributed by atoms with Crippen molar-refractivity contribution in [3.05, 3.63) is 95.1 Å². The van der Waals surface area contributed by atoms with Crippen molar-refractivity contribution in [2.24, 2.45) is 5.92 Å². The molecule has 1 aliphatic heterocycles. The lowest BCUT2D eigenvalue weighted by molar-refractivity contribution is -0.226. The van der Waals surface area contributed by atoms with Crippen LogP contribution in [0.25, 0.3) is 0 Å². The predicted octanol–water partition coefficient (Wildman–Crippen LogP) is 5.21. The summed E-state index contributed by atoms with van der Waals surface area (Å²) >= 11 is 0. The first-order valence-corrected chi connectivity index (χ1v) is 14.0. The monoisotopic (exact) mass is 584 g/mol. The molecule has 0 unspecified atom stereocenters. The van der Waals surface area contributed by atoms with Gasteiger partial charge in [-0.25, -0.2) is 14.4 Å². The van der Waals surface area contributed by atoms with Crippen LogP contribution in [-0.4, -0.2) is 56.7 Å². The van der Waals surface area contributed by atoms with E-state index in [0.29, 0.717) is 28.5 Å². The number of carbonyl (C=O) groups is 3. The van der Waals surface area contributed by atoms with Crippen LogP contribution in [0.5, 0.6) is 11.5 Å². The third kappa shape index (κ3) is 7.53. The molecule has 2 aliphatic rings. The molecule has 222 valence electrons. The van der Waals surface area contributed by atoms with Gasteiger partial charge in [-0.3, -0.25) is 0 Å². The minimum absolute atomic E-state index is 0.0611. The summed E-state index contributed by atoms with van der Waals surface area (Å²) in [7, 11) is 3.05. The number of benzene rings is 3. The molecule has 1 aliphatic carbocycles. The zero-order valence-corrected chi connectivity index (χ0v) is 24.1. The van der Waals surface area contributed by atoms with Gasteiger partial charge in [0.15, 0.2) is 6.10 Å². The van der Waals surface area contributed by atoms with Crippen LogP contribution >= 0.6 is 0 Å². The predicted molar refractivity (Wildman–Crippen MR) is 155 cm³/mol. The second-order valence-corrected chi connectivity index (χ2v) is 10.3. The Labute approximate surface area is 250 Å². The molecule has 0 aromatic heterocycles. The molecule has 0 spiro atoms. The minimum Gasteiger partial charge on any atom is -0.497 e. The molecule has 1 saturated carbocycles. The molecule has 3 aromatic carbocycles. The molecular formula is C34H32O9. The maximum absolute atomic E-state index is 13.2. The fourth-order valence-corrected chi connectivity index (χ4v) is 4.57. The van der Waals surface area contributed by atoms with Crippen molar-refractivity contribution in [2.75, 3.05) is 14.2 Å². The Morgan fingerprint density at radius 2 is 1.33 bits per heavy atom. The summed E-state index contributed by atoms with van der Waals surface area (Å²) in [5.74, 6) is 5.88. The van der Waals surface area contributed by atoms with E-state index in [4.69, 9.17) is 28.4 Å². The summed E-state index contributed by atoms with van der Waals surface area (Å²) in [5, 5.41) is 0. The van der Waals surface area contributed by atoms with E-state index in [9.17, 15) is 14.4 Å². The van der Waals surface area contributed by atoms with Crippen molar-refractivity contribution in [1.82, 2.24) is 0 Å². The van der Waals surface area contributed by atoms with E-state index < -0.39 is 42.5 Å². The van der Waals surface area contributed by atoms with Crippen molar-refractivity contribution < 1.29 is 42.8 Å². The number of methoxy groups -OCH3 is 2. The molecule has 43 heavy (non-hydrogen) atoms. The molecule has 0 amide bonds. The maximum Gasteiger partial charge on any atom is 0.341 e. The summed E-state index contributed by atoms with van der Waals surface area (Å²) in [6, 6.07) is 19.8. The van der Waals surface area contributed by atoms with Crippen molar-refractivity contribution in [3.8, 4) is 23.3 Å². The van der Waals surface area contributed by atoms with Crippen molar-refractivity contribution in [2.45, 2.75) is 50.8 Å². The molecule has 0 radical (unpaired) electrons. The highest BCUT2D eigenvalue weighted by Crippen LogP contribution is 2.30. The summed E-state index contributed by atoms with van der Waals surface area (Å²) in [4.78, 5) is 39.4. The lowest BCUT2D eigenvalue weighted by Gasteiger charge is -2.38. The average molecular weight is 585 g/mol. The highest BCUT2D eigenvalue weighted by molar-refractivity contribution is 5.92. The fraction of sp³-hybridized carbons (Fsp3) is 0.324. The van der Waals surface area contributed by atoms with E-state index >= 15 is 0 Å². The lowest BCUT2D eigenvalue weighted by Crippen LogP contribution is -2.52. The molecule has 3 aromatic rings. The fourth-order valence-electron chi connectivity index (χ4n) is 4.57. The van der Waals surface area contributed by atoms with Crippen molar-refractivity contribution in [1.29, 1.82) is 0 Å². The largest absolute Gasteiger partial charge is 0.497 e. The molecule has 5 rings (SSSR count). The van der Waals surface area contributed by atoms with Crippen LogP contribution in [0.4, 0.5) is 0 Å². The van der Waals surface area contributed by atoms with Gasteiger partial charge in [-0.15, -0.1) is 0 Å². The van der Waals surface area contributed by atoms with E-state index in [1.165, 1.54) is 14.2 Å². The first-order chi connectivity index (χ1) is 20.8. The molecule has 9 nitrogen and oxygen atoms in total. The summed E-state index contributed by atoms with van der Waals surface area (Å²) in [6.45, 7) is 1.66. The Morgan fingerprint density at radius 3 is 1.91 bits per heavy atom. The molecule has 1 saturated heterocycles. The van der Waals surface area contributed by atoms with Crippen LogP contribution < -0.4 is 9.47 Å². The van der Waals surface area contributed by atoms with E-state index in [0.717, 1.165) is 12.8 Å². The van der Waals surface area contributed by atoms with Crippen LogP contribution in [-0.2, 0) is 18.9 Å². The van der Waals surface area contributed by atoms with Crippen LogP contribution in [0.3, 0.4) is 0 Å². The first kappa shape index (κ1) is 29.7. The third-order valence-corrected chi connectivity index (χ3v) is 7.15. The van der Waals surface area contributed by atoms with Gasteiger partial charge in [0, 0.05) is 11.5 Å². The second kappa shape index (κ2) is 13.4. The smallest absolute Gasteiger partial charge is 0.341 e. The van der Waals surface area contributed by atoms with Gasteiger partial charge in [-0.1, -0.05) is 24.0 Å². The van der Waals surface area contributed by atoms with Gasteiger partial charge < -0.3 is 28.4 Å². The Balaban J connectivity index is 1.34. The van der Waals surface area contributed by atoms with Gasteiger partial charge in [-0.2, -0.15) is 0 Å². The van der Waals surface area contributed by atoms with Gasteiger partial charge >= 0.3 is 17.9 Å². The number of hydrogen-bond donors (Lipinski definition) is 0. The molecule has 9 heteroatoms. The van der Waals surface area contributed by atoms with Gasteiger partial charge in [-0.05, 0) is 80.4 Å². The van der Waals surface area contributed by atoms with Gasteiger partial charge in [0.1, 0.15) is 17.6 Å². The Hall–Kier alpha value is -4.81. The lowest BCUT2D eigenvalue weighted by atomic mass is 10.0. The van der Waals surface area contributed by atoms with E-state index in [1.807, 2.05) is 6.07 Å². The van der Waals surface area contributed by atoms with E-state index in [1.54, 1.807) is 73.7 Å². The summed E-state index contributed by atoms with van der Waals surface area (Å²) < 4.78 is 33.7. The quantitative estimate of drug-likeness (QED) is 0.200. The van der Waals surface area contributed by atoms with Gasteiger partial charge in [0.05, 0.1) is 43.4 Å². The highest BCUT2D eigenvalue weighted by Gasteiger charge is 2.43. The molecule has 2 fully saturated rings. The molecule has 4 atom stereocenters. The van der Waals surface area contributed by atoms with Crippen LogP contribution in [0.1, 0.15) is 62.8 Å². The van der Waals surface area contributed by atoms with E-state index in [-0.39, 0.29) is 17.5 Å². The van der Waals surface area contributed by atoms with Crippen molar-refractivity contribution in [3.63, 3.8) is 0 Å². The molecular weight excluding hydrogens is 552 g/mol. The standard InChI is InChI=1S/C34H32O9/c1-21-31(43-33(36)25-14-18-27(39-3)19-15-25)29(41-32(35)24-12-16-26(38-2)17-13-24)20-30(40-21)42-34(37)28-7-5-4-6-23(28)11-10-22-8-9-22/h4-7,12-19,21-22,29-31H,8-9,20H2,1-3H3/t21-,29+,30+,31-/m1/s1. The van der Waals surface area contributed by atoms with Gasteiger partial charge in [0.2, 0.25) is 6.29 Å². The minimum atomic E-state index is -1.07. The highest BCUT2D eigenvalue weighted by atomic mass is 16.7. The zero-order chi connectivity index (χ0) is 30.3. The number of carbonyl (C=O) groups excluding carboxylic acids is 3. The Kier molecular flexibility index (Phi) is 9.28. The first-order valence-electron chi connectivity index (χ1n) is 14.0. The number of rotatable bonds is 8. The summed E-state index contributed by atoms with van der Waals surface area (Å²) in [5.41, 5.74) is 1.44. The van der Waals surface area contributed by atoms with E-state index in [2.05, 4.69) is 11.8 Å². The summed E-state index contributed by atoms with van der Waals surface area (Å²) in [6.07, 6.45) is -1.76. The van der Waals surface area contributed by atoms with Crippen molar-refractivity contribution >= 4 is 17.9 Å². The van der Waals surface area contributed by atoms with Crippen LogP contribution in [0.15, 0.2) is 72.8 Å². The number of esters is 3. The van der Waals surface area contributed by atoms with Crippen LogP contribution in [0, 0.1) is 17.8 Å². The third-order valence-electron chi connectivity index (χ3n) is 7.15. The number of hydrogen-bond acceptors (Lipinski definition) is 9. The van der Waals surface area contributed by atoms with Crippen LogP contribution in [0.2, 0.25) is 0 Å². The molecule has 1 heterocycles. The SMILES string of the molecule is COc1ccc(C(=O)O[C@H]2[C@@H](OC(=O)c3ccc(OC)cc3)C[C@H](OC(=O)c3ccccc3C#CC3CC3)O[C@@H]2C)cc1. The maximum atomic E-state index is 13.2. The second-order valence-electron chi connectivity index (χ2n) is 10.3. The average Bonchev–Trinajstić information content (AvgIpc) is 3.86. The molecule has 0 bridgehead atoms. The zero-order valence-electron chi connectivity index (χ0n) is 24.1. The van der Waals surface area contributed by atoms with Gasteiger partial charge in [0.25, 0.3) is 0 Å². The molecule has 0 N–H and O–H groups in total. The Morgan fingerprint density at radius 1 is 0.744 bits per heavy atom.